The second-order valence-electron chi connectivity index (χ2n) is 12.8. The first-order valence-corrected chi connectivity index (χ1v) is 17.4. The number of fused-ring (bicyclic) bond motifs is 4. The molecule has 0 amide bonds. The van der Waals surface area contributed by atoms with E-state index in [1.165, 1.54) is 22.9 Å². The topological polar surface area (TPSA) is 43.6 Å². The third-order valence-corrected chi connectivity index (χ3v) is 9.58. The Morgan fingerprint density at radius 1 is 0.377 bits per heavy atom. The minimum Gasteiger partial charge on any atom is -0.309 e. The van der Waals surface area contributed by atoms with Crippen LogP contribution in [0.4, 0.5) is 0 Å². The van der Waals surface area contributed by atoms with Crippen LogP contribution in [0.3, 0.4) is 0 Å². The Hall–Kier alpha value is -7.17. The van der Waals surface area contributed by atoms with Crippen LogP contribution in [0.15, 0.2) is 194 Å². The van der Waals surface area contributed by atoms with Gasteiger partial charge >= 0.3 is 0 Å². The molecule has 10 rings (SSSR count). The molecule has 4 nitrogen and oxygen atoms in total. The Morgan fingerprint density at radius 2 is 0.906 bits per heavy atom. The first-order chi connectivity index (χ1) is 28.7. The smallest absolute Gasteiger partial charge is 0.164 e. The fraction of sp³-hybridized carbons (Fsp3) is 0. The van der Waals surface area contributed by atoms with E-state index in [1.807, 2.05) is 97.1 Å². The van der Waals surface area contributed by atoms with E-state index in [0.29, 0.717) is 28.7 Å². The molecular weight excluding hydrogens is 645 g/mol. The number of hydrogen-bond donors (Lipinski definition) is 0. The van der Waals surface area contributed by atoms with Crippen LogP contribution in [0.25, 0.3) is 94.7 Å². The van der Waals surface area contributed by atoms with E-state index in [2.05, 4.69) is 48.5 Å². The van der Waals surface area contributed by atoms with Crippen molar-refractivity contribution in [2.75, 3.05) is 0 Å². The molecule has 8 aromatic carbocycles. The van der Waals surface area contributed by atoms with Gasteiger partial charge in [0.1, 0.15) is 0 Å². The van der Waals surface area contributed by atoms with Gasteiger partial charge in [0.2, 0.25) is 0 Å². The summed E-state index contributed by atoms with van der Waals surface area (Å²) in [5, 5.41) is 2.72. The molecule has 10 aromatic rings. The van der Waals surface area contributed by atoms with Crippen LogP contribution in [0.2, 0.25) is 0 Å². The van der Waals surface area contributed by atoms with Gasteiger partial charge in [0.25, 0.3) is 0 Å². The van der Waals surface area contributed by atoms with Crippen LogP contribution in [-0.2, 0) is 0 Å². The lowest BCUT2D eigenvalue weighted by atomic mass is 9.97. The van der Waals surface area contributed by atoms with Gasteiger partial charge in [-0.15, -0.1) is 0 Å². The zero-order valence-electron chi connectivity index (χ0n) is 34.3. The maximum atomic E-state index is 9.08. The molecule has 0 aliphatic rings. The summed E-state index contributed by atoms with van der Waals surface area (Å²) < 4.78 is 54.7. The molecule has 0 aliphatic heterocycles. The molecule has 0 atom stereocenters. The average Bonchev–Trinajstić information content (AvgIpc) is 3.66. The molecule has 4 heteroatoms. The minimum absolute atomic E-state index is 0.0325. The van der Waals surface area contributed by atoms with Gasteiger partial charge in [-0.3, -0.25) is 0 Å². The predicted octanol–water partition coefficient (Wildman–Crippen LogP) is 12.5. The number of aromatic nitrogens is 4. The molecule has 0 spiro atoms. The van der Waals surface area contributed by atoms with Crippen molar-refractivity contribution in [3.05, 3.63) is 194 Å². The van der Waals surface area contributed by atoms with E-state index in [4.69, 9.17) is 23.2 Å². The molecule has 0 unspecified atom stereocenters. The number of benzene rings is 8. The van der Waals surface area contributed by atoms with Crippen molar-refractivity contribution >= 4 is 32.6 Å². The molecule has 0 radical (unpaired) electrons. The monoisotopic (exact) mass is 682 g/mol. The Bertz CT molecular complexity index is 3200. The molecule has 2 heterocycles. The molecular formula is C49H32N4. The van der Waals surface area contributed by atoms with Crippen molar-refractivity contribution in [2.24, 2.45) is 0 Å². The quantitative estimate of drug-likeness (QED) is 0.175. The first-order valence-electron chi connectivity index (χ1n) is 20.4. The summed E-state index contributed by atoms with van der Waals surface area (Å²) in [5.41, 5.74) is 7.25. The zero-order chi connectivity index (χ0) is 40.4. The standard InChI is InChI=1S/C49H32N4/c1-3-14-33(15-4-1)38-30-39(32-40(31-38)53-45-24-11-9-21-43(45)44-22-10-12-25-46(44)53)49-51-47(36-17-5-2-6-18-36)50-48(52-49)37-28-26-35(27-29-37)42-23-13-19-34-16-7-8-20-41(34)42/h1-32H/i9D,10D,21D,22D,24D,25D. The van der Waals surface area contributed by atoms with Crippen LogP contribution >= 0.6 is 0 Å². The summed E-state index contributed by atoms with van der Waals surface area (Å²) in [7, 11) is 0. The Morgan fingerprint density at radius 3 is 1.58 bits per heavy atom. The summed E-state index contributed by atoms with van der Waals surface area (Å²) in [5.74, 6) is 1.36. The minimum atomic E-state index is -0.169. The van der Waals surface area contributed by atoms with Gasteiger partial charge in [-0.2, -0.15) is 0 Å². The van der Waals surface area contributed by atoms with Crippen molar-refractivity contribution < 1.29 is 8.22 Å². The molecule has 0 fully saturated rings. The van der Waals surface area contributed by atoms with E-state index >= 15 is 0 Å². The number of para-hydroxylation sites is 2. The van der Waals surface area contributed by atoms with Crippen molar-refractivity contribution in [1.82, 2.24) is 19.5 Å². The van der Waals surface area contributed by atoms with Gasteiger partial charge in [-0.1, -0.05) is 164 Å². The fourth-order valence-electron chi connectivity index (χ4n) is 7.07. The van der Waals surface area contributed by atoms with Crippen molar-refractivity contribution in [1.29, 1.82) is 0 Å². The van der Waals surface area contributed by atoms with Gasteiger partial charge in [0, 0.05) is 33.2 Å². The van der Waals surface area contributed by atoms with E-state index < -0.39 is 0 Å². The number of nitrogens with zero attached hydrogens (tertiary/aromatic N) is 4. The zero-order valence-corrected chi connectivity index (χ0v) is 28.3. The lowest BCUT2D eigenvalue weighted by Crippen LogP contribution is -2.02. The lowest BCUT2D eigenvalue weighted by Gasteiger charge is -2.14. The summed E-state index contributed by atoms with van der Waals surface area (Å²) >= 11 is 0. The molecule has 0 aliphatic carbocycles. The number of hydrogen-bond acceptors (Lipinski definition) is 3. The number of rotatable bonds is 6. The molecule has 2 aromatic heterocycles. The molecule has 0 N–H and O–H groups in total. The van der Waals surface area contributed by atoms with Crippen LogP contribution in [-0.4, -0.2) is 19.5 Å². The average molecular weight is 683 g/mol. The van der Waals surface area contributed by atoms with Gasteiger partial charge in [0.15, 0.2) is 17.5 Å². The molecule has 0 saturated carbocycles. The van der Waals surface area contributed by atoms with Crippen molar-refractivity contribution in [3.63, 3.8) is 0 Å². The SMILES string of the molecule is [2H]c1cc([2H])c2c(c1[2H])c1c([2H])c([2H])cc([2H])c1n2-c1cc(-c2ccccc2)cc(-c2nc(-c3ccccc3)nc(-c3ccc(-c4cccc5ccccc45)cc3)n2)c1. The highest BCUT2D eigenvalue weighted by Gasteiger charge is 2.17. The van der Waals surface area contributed by atoms with Crippen LogP contribution in [0.5, 0.6) is 0 Å². The summed E-state index contributed by atoms with van der Waals surface area (Å²) in [4.78, 5) is 15.1. The Labute approximate surface area is 315 Å². The second-order valence-corrected chi connectivity index (χ2v) is 12.8. The van der Waals surface area contributed by atoms with E-state index in [-0.39, 0.29) is 58.1 Å². The normalized spacial score (nSPS) is 13.0. The summed E-state index contributed by atoms with van der Waals surface area (Å²) in [6.45, 7) is 0. The summed E-state index contributed by atoms with van der Waals surface area (Å²) in [6, 6.07) is 50.2. The lowest BCUT2D eigenvalue weighted by molar-refractivity contribution is 1.07. The Kier molecular flexibility index (Phi) is 6.04. The third kappa shape index (κ3) is 5.54. The molecule has 0 bridgehead atoms. The Balaban J connectivity index is 1.22. The highest BCUT2D eigenvalue weighted by atomic mass is 15.0. The molecule has 248 valence electrons. The first kappa shape index (κ1) is 24.9. The van der Waals surface area contributed by atoms with Crippen molar-refractivity contribution in [2.45, 2.75) is 0 Å². The maximum Gasteiger partial charge on any atom is 0.164 e. The van der Waals surface area contributed by atoms with Crippen LogP contribution < -0.4 is 0 Å². The third-order valence-electron chi connectivity index (χ3n) is 9.58. The van der Waals surface area contributed by atoms with Crippen LogP contribution in [0, 0.1) is 0 Å². The van der Waals surface area contributed by atoms with Gasteiger partial charge in [-0.05, 0) is 63.3 Å². The predicted molar refractivity (Wildman–Crippen MR) is 219 cm³/mol. The van der Waals surface area contributed by atoms with Crippen LogP contribution in [0.1, 0.15) is 8.22 Å². The van der Waals surface area contributed by atoms with E-state index in [9.17, 15) is 0 Å². The highest BCUT2D eigenvalue weighted by molar-refractivity contribution is 6.09. The van der Waals surface area contributed by atoms with Gasteiger partial charge in [-0.25, -0.2) is 15.0 Å². The maximum absolute atomic E-state index is 9.08. The van der Waals surface area contributed by atoms with E-state index in [1.54, 1.807) is 4.57 Å². The second kappa shape index (κ2) is 12.9. The fourth-order valence-corrected chi connectivity index (χ4v) is 7.07. The molecule has 0 saturated heterocycles. The molecule has 53 heavy (non-hydrogen) atoms. The highest BCUT2D eigenvalue weighted by Crippen LogP contribution is 2.37. The van der Waals surface area contributed by atoms with Gasteiger partial charge in [0.05, 0.1) is 19.3 Å². The largest absolute Gasteiger partial charge is 0.309 e. The van der Waals surface area contributed by atoms with E-state index in [0.717, 1.165) is 33.4 Å². The summed E-state index contributed by atoms with van der Waals surface area (Å²) in [6.07, 6.45) is 0. The van der Waals surface area contributed by atoms with Crippen molar-refractivity contribution in [3.8, 4) is 62.1 Å². The van der Waals surface area contributed by atoms with Gasteiger partial charge < -0.3 is 4.57 Å².